The lowest BCUT2D eigenvalue weighted by molar-refractivity contribution is -0.385. The van der Waals surface area contributed by atoms with E-state index in [1.54, 1.807) is 4.90 Å². The Bertz CT molecular complexity index is 536. The minimum Gasteiger partial charge on any atom is -0.476 e. The van der Waals surface area contributed by atoms with Gasteiger partial charge in [-0.15, -0.1) is 0 Å². The Morgan fingerprint density at radius 2 is 2.25 bits per heavy atom. The van der Waals surface area contributed by atoms with Crippen LogP contribution in [0.4, 0.5) is 11.5 Å². The fraction of sp³-hybridized carbons (Fsp3) is 0.545. The van der Waals surface area contributed by atoms with Crippen LogP contribution in [-0.4, -0.2) is 48.2 Å². The van der Waals surface area contributed by atoms with Crippen molar-refractivity contribution in [3.05, 3.63) is 16.4 Å². The molecule has 1 aliphatic heterocycles. The lowest BCUT2D eigenvalue weighted by Crippen LogP contribution is -2.25. The second-order valence-electron chi connectivity index (χ2n) is 4.27. The van der Waals surface area contributed by atoms with Gasteiger partial charge in [-0.1, -0.05) is 0 Å². The number of rotatable bonds is 4. The molecule has 9 nitrogen and oxygen atoms in total. The minimum absolute atomic E-state index is 0.0958. The van der Waals surface area contributed by atoms with Gasteiger partial charge in [-0.3, -0.25) is 14.9 Å². The second kappa shape index (κ2) is 5.68. The smallest absolute Gasteiger partial charge is 0.372 e. The summed E-state index contributed by atoms with van der Waals surface area (Å²) in [4.78, 5) is 31.4. The van der Waals surface area contributed by atoms with Crippen LogP contribution in [0.25, 0.3) is 0 Å². The summed E-state index contributed by atoms with van der Waals surface area (Å²) in [7, 11) is 2.63. The van der Waals surface area contributed by atoms with Crippen LogP contribution < -0.4 is 9.64 Å². The molecule has 1 aliphatic rings. The zero-order valence-corrected chi connectivity index (χ0v) is 11.1. The number of nitro groups is 1. The third-order valence-corrected chi connectivity index (χ3v) is 3.17. The summed E-state index contributed by atoms with van der Waals surface area (Å²) in [6.07, 6.45) is 1.77. The fourth-order valence-corrected chi connectivity index (χ4v) is 2.21. The third kappa shape index (κ3) is 2.46. The molecular formula is C11H14N4O5. The molecule has 0 amide bonds. The Morgan fingerprint density at radius 1 is 1.50 bits per heavy atom. The minimum atomic E-state index is -0.584. The number of carbonyl (C=O) groups is 1. The van der Waals surface area contributed by atoms with Gasteiger partial charge in [0.25, 0.3) is 5.88 Å². The number of esters is 1. The summed E-state index contributed by atoms with van der Waals surface area (Å²) >= 11 is 0. The van der Waals surface area contributed by atoms with Gasteiger partial charge in [0.05, 0.1) is 25.1 Å². The molecule has 2 heterocycles. The van der Waals surface area contributed by atoms with Gasteiger partial charge in [0.1, 0.15) is 6.33 Å². The maximum absolute atomic E-state index is 11.5. The van der Waals surface area contributed by atoms with E-state index in [0.29, 0.717) is 19.5 Å². The third-order valence-electron chi connectivity index (χ3n) is 3.17. The van der Waals surface area contributed by atoms with Crippen LogP contribution in [0.2, 0.25) is 0 Å². The molecule has 0 aromatic carbocycles. The highest BCUT2D eigenvalue weighted by molar-refractivity contribution is 5.75. The first kappa shape index (κ1) is 14.0. The predicted molar refractivity (Wildman–Crippen MR) is 67.6 cm³/mol. The summed E-state index contributed by atoms with van der Waals surface area (Å²) < 4.78 is 9.58. The van der Waals surface area contributed by atoms with E-state index < -0.39 is 4.92 Å². The Hall–Kier alpha value is -2.45. The van der Waals surface area contributed by atoms with E-state index in [1.807, 2.05) is 0 Å². The van der Waals surface area contributed by atoms with E-state index in [0.717, 1.165) is 0 Å². The Kier molecular flexibility index (Phi) is 3.97. The van der Waals surface area contributed by atoms with Crippen LogP contribution in [0.5, 0.6) is 5.88 Å². The Morgan fingerprint density at radius 3 is 2.85 bits per heavy atom. The average molecular weight is 282 g/mol. The van der Waals surface area contributed by atoms with Crippen LogP contribution in [-0.2, 0) is 9.53 Å². The first-order chi connectivity index (χ1) is 9.58. The number of nitrogens with zero attached hydrogens (tertiary/aromatic N) is 4. The summed E-state index contributed by atoms with van der Waals surface area (Å²) in [6.45, 7) is 0.814. The molecule has 0 radical (unpaired) electrons. The van der Waals surface area contributed by atoms with Crippen molar-refractivity contribution < 1.29 is 19.2 Å². The van der Waals surface area contributed by atoms with Gasteiger partial charge >= 0.3 is 11.7 Å². The van der Waals surface area contributed by atoms with Gasteiger partial charge in [0, 0.05) is 13.1 Å². The highest BCUT2D eigenvalue weighted by atomic mass is 16.6. The molecule has 1 unspecified atom stereocenters. The van der Waals surface area contributed by atoms with E-state index in [-0.39, 0.29) is 29.3 Å². The average Bonchev–Trinajstić information content (AvgIpc) is 2.95. The number of anilines is 1. The van der Waals surface area contributed by atoms with Gasteiger partial charge in [-0.05, 0) is 6.42 Å². The molecular weight excluding hydrogens is 268 g/mol. The zero-order valence-electron chi connectivity index (χ0n) is 11.1. The monoisotopic (exact) mass is 282 g/mol. The quantitative estimate of drug-likeness (QED) is 0.443. The highest BCUT2D eigenvalue weighted by Crippen LogP contribution is 2.35. The largest absolute Gasteiger partial charge is 0.476 e. The number of aromatic nitrogens is 2. The van der Waals surface area contributed by atoms with Gasteiger partial charge in [0.15, 0.2) is 0 Å². The van der Waals surface area contributed by atoms with Crippen molar-refractivity contribution in [2.45, 2.75) is 6.42 Å². The van der Waals surface area contributed by atoms with Crippen LogP contribution in [0.15, 0.2) is 6.33 Å². The SMILES string of the molecule is COC(=O)C1CCN(c2ncnc(OC)c2[N+](=O)[O-])C1. The Labute approximate surface area is 114 Å². The molecule has 1 fully saturated rings. The molecule has 1 aromatic heterocycles. The molecule has 108 valence electrons. The second-order valence-corrected chi connectivity index (χ2v) is 4.27. The standard InChI is InChI=1S/C11H14N4O5/c1-19-10-8(15(17)18)9(12-6-13-10)14-4-3-7(5-14)11(16)20-2/h6-7H,3-5H2,1-2H3. The Balaban J connectivity index is 2.30. The number of hydrogen-bond donors (Lipinski definition) is 0. The van der Waals surface area contributed by atoms with Crippen molar-refractivity contribution >= 4 is 17.5 Å². The number of methoxy groups -OCH3 is 2. The summed E-state index contributed by atoms with van der Waals surface area (Å²) in [6, 6.07) is 0. The van der Waals surface area contributed by atoms with Crippen molar-refractivity contribution in [2.75, 3.05) is 32.2 Å². The number of ether oxygens (including phenoxy) is 2. The van der Waals surface area contributed by atoms with Crippen LogP contribution >= 0.6 is 0 Å². The van der Waals surface area contributed by atoms with Crippen molar-refractivity contribution in [3.8, 4) is 5.88 Å². The predicted octanol–water partition coefficient (Wildman–Crippen LogP) is 0.393. The van der Waals surface area contributed by atoms with Crippen molar-refractivity contribution in [1.29, 1.82) is 0 Å². The molecule has 1 aromatic rings. The van der Waals surface area contributed by atoms with E-state index in [1.165, 1.54) is 20.5 Å². The van der Waals surface area contributed by atoms with Crippen molar-refractivity contribution in [1.82, 2.24) is 9.97 Å². The molecule has 0 N–H and O–H groups in total. The van der Waals surface area contributed by atoms with Crippen molar-refractivity contribution in [3.63, 3.8) is 0 Å². The molecule has 1 atom stereocenters. The maximum atomic E-state index is 11.5. The lowest BCUT2D eigenvalue weighted by Gasteiger charge is -2.17. The van der Waals surface area contributed by atoms with Gasteiger partial charge in [-0.25, -0.2) is 4.98 Å². The highest BCUT2D eigenvalue weighted by Gasteiger charge is 2.35. The van der Waals surface area contributed by atoms with Crippen LogP contribution in [0.3, 0.4) is 0 Å². The van der Waals surface area contributed by atoms with E-state index in [4.69, 9.17) is 4.74 Å². The summed E-state index contributed by atoms with van der Waals surface area (Å²) in [5, 5.41) is 11.2. The van der Waals surface area contributed by atoms with Gasteiger partial charge < -0.3 is 14.4 Å². The molecule has 2 rings (SSSR count). The molecule has 0 saturated carbocycles. The molecule has 20 heavy (non-hydrogen) atoms. The molecule has 1 saturated heterocycles. The van der Waals surface area contributed by atoms with E-state index >= 15 is 0 Å². The zero-order chi connectivity index (χ0) is 14.7. The summed E-state index contributed by atoms with van der Waals surface area (Å²) in [5.74, 6) is -0.563. The number of carbonyl (C=O) groups excluding carboxylic acids is 1. The molecule has 0 aliphatic carbocycles. The van der Waals surface area contributed by atoms with Crippen LogP contribution in [0.1, 0.15) is 6.42 Å². The van der Waals surface area contributed by atoms with E-state index in [9.17, 15) is 14.9 Å². The van der Waals surface area contributed by atoms with Gasteiger partial charge in [-0.2, -0.15) is 4.98 Å². The normalized spacial score (nSPS) is 17.9. The number of hydrogen-bond acceptors (Lipinski definition) is 8. The van der Waals surface area contributed by atoms with Crippen molar-refractivity contribution in [2.24, 2.45) is 5.92 Å². The molecule has 0 bridgehead atoms. The first-order valence-corrected chi connectivity index (χ1v) is 5.94. The molecule has 9 heteroatoms. The fourth-order valence-electron chi connectivity index (χ4n) is 2.21. The molecule has 0 spiro atoms. The first-order valence-electron chi connectivity index (χ1n) is 5.94. The van der Waals surface area contributed by atoms with Crippen LogP contribution in [0, 0.1) is 16.0 Å². The van der Waals surface area contributed by atoms with Gasteiger partial charge in [0.2, 0.25) is 5.82 Å². The summed E-state index contributed by atoms with van der Waals surface area (Å²) in [5.41, 5.74) is -0.291. The van der Waals surface area contributed by atoms with E-state index in [2.05, 4.69) is 14.7 Å². The lowest BCUT2D eigenvalue weighted by atomic mass is 10.1. The topological polar surface area (TPSA) is 108 Å². The maximum Gasteiger partial charge on any atom is 0.372 e.